The maximum Gasteiger partial charge on any atom is 0.374 e. The van der Waals surface area contributed by atoms with Gasteiger partial charge in [0, 0.05) is 12.1 Å². The Labute approximate surface area is 188 Å². The van der Waals surface area contributed by atoms with Gasteiger partial charge in [-0.3, -0.25) is 9.36 Å². The Morgan fingerprint density at radius 1 is 1.10 bits per heavy atom. The minimum atomic E-state index is -0.577. The van der Waals surface area contributed by atoms with Crippen LogP contribution in [0, 0.1) is 6.92 Å². The number of benzene rings is 2. The Bertz CT molecular complexity index is 1330. The van der Waals surface area contributed by atoms with Crippen molar-refractivity contribution < 1.29 is 13.9 Å². The van der Waals surface area contributed by atoms with E-state index in [2.05, 4.69) is 4.98 Å². The molecule has 4 aromatic rings. The smallest absolute Gasteiger partial charge is 0.374 e. The van der Waals surface area contributed by atoms with Gasteiger partial charge in [0.1, 0.15) is 11.6 Å². The number of rotatable bonds is 6. The second-order valence-corrected chi connectivity index (χ2v) is 7.73. The Kier molecular flexibility index (Phi) is 6.11. The maximum atomic E-state index is 12.7. The van der Waals surface area contributed by atoms with Crippen molar-refractivity contribution in [2.75, 3.05) is 6.61 Å². The van der Waals surface area contributed by atoms with E-state index >= 15 is 0 Å². The molecule has 0 spiro atoms. The van der Waals surface area contributed by atoms with Gasteiger partial charge in [-0.15, -0.1) is 0 Å². The van der Waals surface area contributed by atoms with Crippen molar-refractivity contribution in [1.29, 1.82) is 0 Å². The van der Waals surface area contributed by atoms with Crippen LogP contribution in [0.25, 0.3) is 22.2 Å². The van der Waals surface area contributed by atoms with Gasteiger partial charge in [-0.2, -0.15) is 0 Å². The predicted molar refractivity (Wildman–Crippen MR) is 120 cm³/mol. The second-order valence-electron chi connectivity index (χ2n) is 6.92. The average molecular weight is 457 g/mol. The van der Waals surface area contributed by atoms with Gasteiger partial charge in [-0.05, 0) is 55.8 Å². The first-order valence-electron chi connectivity index (χ1n) is 9.62. The number of hydrogen-bond donors (Lipinski definition) is 0. The molecule has 0 aliphatic carbocycles. The van der Waals surface area contributed by atoms with Gasteiger partial charge >= 0.3 is 5.97 Å². The molecule has 0 N–H and O–H groups in total. The summed E-state index contributed by atoms with van der Waals surface area (Å²) in [4.78, 5) is 29.4. The molecular formula is C23H18Cl2N2O4. The van der Waals surface area contributed by atoms with Crippen LogP contribution >= 0.6 is 23.2 Å². The molecule has 2 aromatic heterocycles. The Balaban J connectivity index is 1.37. The lowest BCUT2D eigenvalue weighted by molar-refractivity contribution is 0.0460. The number of aryl methyl sites for hydroxylation is 1. The van der Waals surface area contributed by atoms with Gasteiger partial charge in [0.2, 0.25) is 5.76 Å². The summed E-state index contributed by atoms with van der Waals surface area (Å²) < 4.78 is 12.5. The van der Waals surface area contributed by atoms with Crippen molar-refractivity contribution in [3.05, 3.63) is 86.6 Å². The van der Waals surface area contributed by atoms with Crippen molar-refractivity contribution in [1.82, 2.24) is 9.55 Å². The van der Waals surface area contributed by atoms with Crippen molar-refractivity contribution in [2.45, 2.75) is 19.9 Å². The molecule has 6 nitrogen and oxygen atoms in total. The Morgan fingerprint density at radius 2 is 1.90 bits per heavy atom. The van der Waals surface area contributed by atoms with E-state index in [0.29, 0.717) is 51.1 Å². The van der Waals surface area contributed by atoms with Crippen LogP contribution in [-0.4, -0.2) is 22.1 Å². The first-order chi connectivity index (χ1) is 14.9. The fourth-order valence-corrected chi connectivity index (χ4v) is 3.55. The highest BCUT2D eigenvalue weighted by atomic mass is 35.5. The summed E-state index contributed by atoms with van der Waals surface area (Å²) in [5.41, 5.74) is 1.27. The first-order valence-corrected chi connectivity index (χ1v) is 10.4. The number of hydrogen-bond acceptors (Lipinski definition) is 5. The minimum Gasteiger partial charge on any atom is -0.460 e. The average Bonchev–Trinajstić information content (AvgIpc) is 3.25. The number of nitrogens with zero attached hydrogens (tertiary/aromatic N) is 2. The van der Waals surface area contributed by atoms with E-state index in [9.17, 15) is 9.59 Å². The molecule has 0 aliphatic rings. The number of furan rings is 1. The van der Waals surface area contributed by atoms with Gasteiger partial charge in [-0.25, -0.2) is 9.78 Å². The number of esters is 1. The van der Waals surface area contributed by atoms with E-state index in [1.807, 2.05) is 18.2 Å². The summed E-state index contributed by atoms with van der Waals surface area (Å²) >= 11 is 12.0. The molecule has 0 saturated heterocycles. The number of carbonyl (C=O) groups is 1. The lowest BCUT2D eigenvalue weighted by Gasteiger charge is -2.10. The molecule has 8 heteroatoms. The van der Waals surface area contributed by atoms with Crippen LogP contribution in [-0.2, 0) is 11.3 Å². The third-order valence-corrected chi connectivity index (χ3v) is 5.56. The number of halogens is 2. The van der Waals surface area contributed by atoms with E-state index in [0.717, 1.165) is 0 Å². The van der Waals surface area contributed by atoms with Gasteiger partial charge in [-0.1, -0.05) is 35.3 Å². The van der Waals surface area contributed by atoms with Crippen LogP contribution in [0.2, 0.25) is 10.0 Å². The largest absolute Gasteiger partial charge is 0.460 e. The van der Waals surface area contributed by atoms with E-state index in [1.165, 1.54) is 0 Å². The number of carbonyl (C=O) groups excluding carboxylic acids is 1. The van der Waals surface area contributed by atoms with E-state index in [1.54, 1.807) is 47.9 Å². The topological polar surface area (TPSA) is 74.3 Å². The van der Waals surface area contributed by atoms with Gasteiger partial charge in [0.15, 0.2) is 0 Å². The third kappa shape index (κ3) is 4.50. The van der Waals surface area contributed by atoms with Crippen LogP contribution in [0.4, 0.5) is 0 Å². The van der Waals surface area contributed by atoms with Crippen molar-refractivity contribution in [3.63, 3.8) is 0 Å². The molecule has 0 aliphatic heterocycles. The summed E-state index contributed by atoms with van der Waals surface area (Å²) in [6.45, 7) is 2.32. The summed E-state index contributed by atoms with van der Waals surface area (Å²) in [6.07, 6.45) is 0.465. The monoisotopic (exact) mass is 456 g/mol. The zero-order valence-corrected chi connectivity index (χ0v) is 18.1. The van der Waals surface area contributed by atoms with Gasteiger partial charge in [0.25, 0.3) is 5.56 Å². The van der Waals surface area contributed by atoms with Crippen molar-refractivity contribution in [2.24, 2.45) is 0 Å². The van der Waals surface area contributed by atoms with Crippen LogP contribution in [0.1, 0.15) is 22.8 Å². The number of ether oxygens (including phenoxy) is 1. The Hall–Kier alpha value is -3.09. The molecule has 0 saturated carbocycles. The van der Waals surface area contributed by atoms with Crippen LogP contribution in [0.15, 0.2) is 63.8 Å². The van der Waals surface area contributed by atoms with Crippen LogP contribution in [0.5, 0.6) is 0 Å². The minimum absolute atomic E-state index is 0.0850. The highest BCUT2D eigenvalue weighted by Gasteiger charge is 2.15. The quantitative estimate of drug-likeness (QED) is 0.282. The fourth-order valence-electron chi connectivity index (χ4n) is 3.25. The number of aromatic nitrogens is 2. The SMILES string of the molecule is Cc1nc2ccccc2c(=O)n1CCCOC(=O)c1ccc(-c2ccc(Cl)c(Cl)c2)o1. The van der Waals surface area contributed by atoms with Gasteiger partial charge < -0.3 is 9.15 Å². The Morgan fingerprint density at radius 3 is 2.71 bits per heavy atom. The summed E-state index contributed by atoms with van der Waals surface area (Å²) in [6, 6.07) is 15.5. The van der Waals surface area contributed by atoms with E-state index < -0.39 is 5.97 Å². The molecule has 2 heterocycles. The van der Waals surface area contributed by atoms with Crippen molar-refractivity contribution in [3.8, 4) is 11.3 Å². The molecule has 0 amide bonds. The summed E-state index contributed by atoms with van der Waals surface area (Å²) in [7, 11) is 0. The molecular weight excluding hydrogens is 439 g/mol. The molecule has 158 valence electrons. The highest BCUT2D eigenvalue weighted by molar-refractivity contribution is 6.42. The van der Waals surface area contributed by atoms with Crippen molar-refractivity contribution >= 4 is 40.1 Å². The zero-order chi connectivity index (χ0) is 22.0. The van der Waals surface area contributed by atoms with Crippen LogP contribution in [0.3, 0.4) is 0 Å². The summed E-state index contributed by atoms with van der Waals surface area (Å²) in [5, 5.41) is 1.40. The highest BCUT2D eigenvalue weighted by Crippen LogP contribution is 2.29. The molecule has 31 heavy (non-hydrogen) atoms. The lowest BCUT2D eigenvalue weighted by atomic mass is 10.2. The zero-order valence-electron chi connectivity index (χ0n) is 16.6. The first kappa shape index (κ1) is 21.2. The van der Waals surface area contributed by atoms with E-state index in [-0.39, 0.29) is 17.9 Å². The third-order valence-electron chi connectivity index (χ3n) is 4.82. The normalized spacial score (nSPS) is 11.1. The molecule has 0 fully saturated rings. The molecule has 0 bridgehead atoms. The molecule has 2 aromatic carbocycles. The van der Waals surface area contributed by atoms with E-state index in [4.69, 9.17) is 32.4 Å². The molecule has 4 rings (SSSR count). The maximum absolute atomic E-state index is 12.7. The van der Waals surface area contributed by atoms with Crippen LogP contribution < -0.4 is 5.56 Å². The standard InChI is InChI=1S/C23H18Cl2N2O4/c1-14-26-19-6-3-2-5-16(19)22(28)27(14)11-4-12-30-23(29)21-10-9-20(31-21)15-7-8-17(24)18(25)13-15/h2-3,5-10,13H,4,11-12H2,1H3. The molecule has 0 atom stereocenters. The van der Waals surface area contributed by atoms with Gasteiger partial charge in [0.05, 0.1) is 27.6 Å². The predicted octanol–water partition coefficient (Wildman–Crippen LogP) is 5.52. The lowest BCUT2D eigenvalue weighted by Crippen LogP contribution is -2.24. The number of fused-ring (bicyclic) bond motifs is 1. The molecule has 0 radical (unpaired) electrons. The molecule has 0 unspecified atom stereocenters. The second kappa shape index (κ2) is 8.96. The number of para-hydroxylation sites is 1. The summed E-state index contributed by atoms with van der Waals surface area (Å²) in [5.74, 6) is 0.607. The fraction of sp³-hybridized carbons (Fsp3) is 0.174.